The van der Waals surface area contributed by atoms with Crippen molar-refractivity contribution in [3.05, 3.63) is 82.2 Å². The van der Waals surface area contributed by atoms with Crippen molar-refractivity contribution in [3.8, 4) is 11.5 Å². The van der Waals surface area contributed by atoms with Gasteiger partial charge in [-0.25, -0.2) is 9.59 Å². The Morgan fingerprint density at radius 2 is 1.40 bits per heavy atom. The molecule has 0 unspecified atom stereocenters. The molecule has 0 bridgehead atoms. The van der Waals surface area contributed by atoms with Crippen molar-refractivity contribution in [3.63, 3.8) is 0 Å². The van der Waals surface area contributed by atoms with Crippen molar-refractivity contribution in [1.82, 2.24) is 9.80 Å². The van der Waals surface area contributed by atoms with Gasteiger partial charge in [0.15, 0.2) is 0 Å². The molecule has 2 aromatic rings. The summed E-state index contributed by atoms with van der Waals surface area (Å²) in [5.74, 6) is 1.06. The number of rotatable bonds is 7. The number of anilines is 2. The fourth-order valence-electron chi connectivity index (χ4n) is 14.1. The largest absolute Gasteiger partial charge is 0.497 e. The summed E-state index contributed by atoms with van der Waals surface area (Å²) in [5, 5.41) is 7.51. The van der Waals surface area contributed by atoms with E-state index < -0.39 is 11.0 Å². The number of hydrogen-bond donors (Lipinski definition) is 2. The lowest BCUT2D eigenvalue weighted by molar-refractivity contribution is -0.138. The Kier molecular flexibility index (Phi) is 6.76. The quantitative estimate of drug-likeness (QED) is 0.215. The van der Waals surface area contributed by atoms with Crippen molar-refractivity contribution < 1.29 is 33.3 Å². The van der Waals surface area contributed by atoms with Crippen molar-refractivity contribution in [1.29, 1.82) is 0 Å². The molecule has 0 saturated carbocycles. The van der Waals surface area contributed by atoms with Crippen LogP contribution in [0.25, 0.3) is 0 Å². The second kappa shape index (κ2) is 11.0. The molecule has 4 fully saturated rings. The van der Waals surface area contributed by atoms with Gasteiger partial charge >= 0.3 is 11.9 Å². The van der Waals surface area contributed by atoms with Crippen LogP contribution in [0.2, 0.25) is 0 Å². The molecule has 55 heavy (non-hydrogen) atoms. The number of methoxy groups -OCH3 is 4. The average molecular weight is 747 g/mol. The molecule has 0 radical (unpaired) electrons. The van der Waals surface area contributed by atoms with Crippen molar-refractivity contribution in [2.75, 3.05) is 58.7 Å². The topological polar surface area (TPSA) is 114 Å². The standard InChI is InChI=1S/C44H50N4O7/c1-7-40-14-13-32(48-18-16-42(37(40)48)28-11-9-24(51-3)19-30(28)45-33(42)26(21-40)35(49)53-5)44-23-47-17-15-43-29-12-10-25(52-4)20-31(29)46-34(43)27(36(50)54-6)22-41(8-2,38(43)47)39(44)55-44/h9-14,19-20,32,37-39,45-46H,7-8,15-18,21-23H2,1-6H3/t32-,37+,38+,39+,40+,41+,42+,43+,44+/m1/s1. The van der Waals surface area contributed by atoms with Gasteiger partial charge in [-0.3, -0.25) is 9.80 Å². The molecule has 2 N–H and O–H groups in total. The van der Waals surface area contributed by atoms with E-state index >= 15 is 0 Å². The highest BCUT2D eigenvalue weighted by atomic mass is 16.6. The highest BCUT2D eigenvalue weighted by Crippen LogP contribution is 2.73. The molecule has 2 aliphatic carbocycles. The van der Waals surface area contributed by atoms with E-state index in [0.29, 0.717) is 12.8 Å². The third-order valence-corrected chi connectivity index (χ3v) is 16.1. The van der Waals surface area contributed by atoms with Gasteiger partial charge in [-0.15, -0.1) is 0 Å². The van der Waals surface area contributed by atoms with Crippen LogP contribution in [-0.2, 0) is 34.6 Å². The number of nitrogens with one attached hydrogen (secondary N) is 2. The normalized spacial score (nSPS) is 39.5. The molecule has 7 heterocycles. The first-order chi connectivity index (χ1) is 26.6. The summed E-state index contributed by atoms with van der Waals surface area (Å²) in [4.78, 5) is 33.0. The first kappa shape index (κ1) is 34.0. The van der Waals surface area contributed by atoms with Crippen LogP contribution >= 0.6 is 0 Å². The fourth-order valence-corrected chi connectivity index (χ4v) is 14.1. The molecule has 0 amide bonds. The molecule has 2 spiro atoms. The lowest BCUT2D eigenvalue weighted by Crippen LogP contribution is -2.69. The Balaban J connectivity index is 1.05. The molecule has 9 aliphatic rings. The predicted octanol–water partition coefficient (Wildman–Crippen LogP) is 5.42. The number of piperidine rings is 1. The third kappa shape index (κ3) is 3.74. The molecule has 288 valence electrons. The van der Waals surface area contributed by atoms with E-state index in [0.717, 1.165) is 90.7 Å². The van der Waals surface area contributed by atoms with Gasteiger partial charge in [0.05, 0.1) is 62.6 Å². The van der Waals surface area contributed by atoms with Crippen LogP contribution in [0.3, 0.4) is 0 Å². The highest BCUT2D eigenvalue weighted by molar-refractivity contribution is 5.94. The van der Waals surface area contributed by atoms with Crippen LogP contribution in [-0.4, -0.2) is 99.6 Å². The smallest absolute Gasteiger partial charge is 0.335 e. The van der Waals surface area contributed by atoms with Crippen molar-refractivity contribution in [2.24, 2.45) is 10.8 Å². The van der Waals surface area contributed by atoms with Gasteiger partial charge < -0.3 is 34.3 Å². The summed E-state index contributed by atoms with van der Waals surface area (Å²) < 4.78 is 29.7. The van der Waals surface area contributed by atoms with E-state index in [1.54, 1.807) is 14.2 Å². The Bertz CT molecular complexity index is 2200. The molecule has 7 aliphatic heterocycles. The van der Waals surface area contributed by atoms with Gasteiger partial charge in [0.2, 0.25) is 0 Å². The van der Waals surface area contributed by atoms with Crippen LogP contribution in [0, 0.1) is 10.8 Å². The van der Waals surface area contributed by atoms with E-state index in [2.05, 4.69) is 82.8 Å². The number of ether oxygens (including phenoxy) is 5. The van der Waals surface area contributed by atoms with Crippen LogP contribution in [0.4, 0.5) is 11.4 Å². The van der Waals surface area contributed by atoms with Gasteiger partial charge in [0.1, 0.15) is 17.1 Å². The fraction of sp³-hybridized carbons (Fsp3) is 0.545. The van der Waals surface area contributed by atoms with Crippen LogP contribution in [0.5, 0.6) is 11.5 Å². The zero-order valence-electron chi connectivity index (χ0n) is 32.5. The zero-order chi connectivity index (χ0) is 37.9. The Hall–Kier alpha value is -4.32. The number of fused-ring (bicyclic) bond motifs is 4. The summed E-state index contributed by atoms with van der Waals surface area (Å²) in [6.45, 7) is 7.17. The van der Waals surface area contributed by atoms with Crippen LogP contribution in [0.15, 0.2) is 71.1 Å². The molecule has 11 heteroatoms. The molecule has 9 atom stereocenters. The number of hydrogen-bond acceptors (Lipinski definition) is 11. The first-order valence-corrected chi connectivity index (χ1v) is 20.1. The molecular weight excluding hydrogens is 697 g/mol. The highest BCUT2D eigenvalue weighted by Gasteiger charge is 2.82. The van der Waals surface area contributed by atoms with Crippen molar-refractivity contribution >= 4 is 23.3 Å². The zero-order valence-corrected chi connectivity index (χ0v) is 32.5. The number of esters is 2. The van der Waals surface area contributed by atoms with Gasteiger partial charge in [-0.1, -0.05) is 38.1 Å². The summed E-state index contributed by atoms with van der Waals surface area (Å²) >= 11 is 0. The molecule has 2 aromatic carbocycles. The van der Waals surface area contributed by atoms with Crippen LogP contribution < -0.4 is 20.1 Å². The minimum Gasteiger partial charge on any atom is -0.497 e. The van der Waals surface area contributed by atoms with E-state index in [-0.39, 0.29) is 52.4 Å². The molecule has 4 saturated heterocycles. The average Bonchev–Trinajstić information content (AvgIpc) is 3.49. The summed E-state index contributed by atoms with van der Waals surface area (Å²) in [6.07, 6.45) is 9.60. The van der Waals surface area contributed by atoms with Gasteiger partial charge in [0.25, 0.3) is 0 Å². The summed E-state index contributed by atoms with van der Waals surface area (Å²) in [6, 6.07) is 13.0. The van der Waals surface area contributed by atoms with E-state index in [1.165, 1.54) is 25.3 Å². The monoisotopic (exact) mass is 746 g/mol. The number of nitrogens with zero attached hydrogens (tertiary/aromatic N) is 2. The number of carbonyl (C=O) groups excluding carboxylic acids is 2. The number of carbonyl (C=O) groups is 2. The maximum atomic E-state index is 13.9. The van der Waals surface area contributed by atoms with Gasteiger partial charge in [0, 0.05) is 70.9 Å². The summed E-state index contributed by atoms with van der Waals surface area (Å²) in [7, 11) is 6.38. The lowest BCUT2D eigenvalue weighted by atomic mass is 9.51. The number of benzene rings is 2. The van der Waals surface area contributed by atoms with E-state index in [4.69, 9.17) is 23.7 Å². The second-order valence-corrected chi connectivity index (χ2v) is 17.5. The second-order valence-electron chi connectivity index (χ2n) is 17.5. The number of epoxide rings is 1. The maximum absolute atomic E-state index is 13.9. The van der Waals surface area contributed by atoms with Crippen LogP contribution in [0.1, 0.15) is 63.5 Å². The Morgan fingerprint density at radius 1 is 0.800 bits per heavy atom. The molecular formula is C44H50N4O7. The molecule has 11 rings (SSSR count). The van der Waals surface area contributed by atoms with E-state index in [9.17, 15) is 9.59 Å². The molecule has 11 nitrogen and oxygen atoms in total. The first-order valence-electron chi connectivity index (χ1n) is 20.1. The minimum absolute atomic E-state index is 0.0240. The Labute approximate surface area is 322 Å². The van der Waals surface area contributed by atoms with Crippen molar-refractivity contribution in [2.45, 2.75) is 93.0 Å². The SMILES string of the molecule is CC[C@]12C=C[C@H]([C@@]34CN5CC[C@]67C(=C(C(=O)OC)C[C@](CC)([C@@H]3O4)[C@H]56)Nc3cc(OC)ccc37)N3CC[C@]4(C(=C(C(=O)OC)C1)Nc1cc(OC)ccc14)[C@@H]32. The van der Waals surface area contributed by atoms with E-state index in [1.807, 2.05) is 0 Å². The van der Waals surface area contributed by atoms with Gasteiger partial charge in [-0.2, -0.15) is 0 Å². The third-order valence-electron chi connectivity index (χ3n) is 16.1. The summed E-state index contributed by atoms with van der Waals surface area (Å²) in [5.41, 5.74) is 6.14. The molecule has 0 aromatic heterocycles. The minimum atomic E-state index is -0.450. The maximum Gasteiger partial charge on any atom is 0.335 e. The van der Waals surface area contributed by atoms with Gasteiger partial charge in [-0.05, 0) is 68.3 Å². The lowest BCUT2D eigenvalue weighted by Gasteiger charge is -2.59. The predicted molar refractivity (Wildman–Crippen MR) is 205 cm³/mol. The Morgan fingerprint density at radius 3 is 1.98 bits per heavy atom.